The van der Waals surface area contributed by atoms with Gasteiger partial charge in [-0.1, -0.05) is 6.07 Å². The molecule has 1 aromatic heterocycles. The minimum atomic E-state index is -1.04. The molecule has 7 nitrogen and oxygen atoms in total. The number of fused-ring (bicyclic) bond motifs is 1. The SMILES string of the molecule is COc1nc2cc(F)c(F)cc2nc1NC(=O)N1CCN(c2cc(C)cc(C)c2)CC1. The monoisotopic (exact) mass is 427 g/mol. The van der Waals surface area contributed by atoms with Crippen LogP contribution in [0.2, 0.25) is 0 Å². The van der Waals surface area contributed by atoms with E-state index in [-0.39, 0.29) is 28.8 Å². The number of hydrogen-bond acceptors (Lipinski definition) is 5. The molecule has 162 valence electrons. The summed E-state index contributed by atoms with van der Waals surface area (Å²) in [4.78, 5) is 25.0. The zero-order valence-corrected chi connectivity index (χ0v) is 17.6. The van der Waals surface area contributed by atoms with Gasteiger partial charge in [-0.05, 0) is 37.1 Å². The number of methoxy groups -OCH3 is 1. The van der Waals surface area contributed by atoms with Gasteiger partial charge < -0.3 is 14.5 Å². The number of ether oxygens (including phenoxy) is 1. The number of rotatable bonds is 3. The normalized spacial score (nSPS) is 14.1. The molecule has 31 heavy (non-hydrogen) atoms. The number of halogens is 2. The summed E-state index contributed by atoms with van der Waals surface area (Å²) in [6, 6.07) is 7.94. The molecule has 2 amide bonds. The number of urea groups is 1. The largest absolute Gasteiger partial charge is 0.478 e. The first-order valence-electron chi connectivity index (χ1n) is 9.94. The molecule has 0 saturated carbocycles. The predicted octanol–water partition coefficient (Wildman–Crippen LogP) is 3.89. The second-order valence-corrected chi connectivity index (χ2v) is 7.59. The Hall–Kier alpha value is -3.49. The quantitative estimate of drug-likeness (QED) is 0.687. The van der Waals surface area contributed by atoms with Crippen LogP contribution in [-0.2, 0) is 0 Å². The van der Waals surface area contributed by atoms with Crippen LogP contribution in [0.5, 0.6) is 5.88 Å². The van der Waals surface area contributed by atoms with Gasteiger partial charge in [0.05, 0.1) is 18.1 Å². The molecule has 3 aromatic rings. The van der Waals surface area contributed by atoms with E-state index >= 15 is 0 Å². The number of nitrogens with one attached hydrogen (secondary N) is 1. The summed E-state index contributed by atoms with van der Waals surface area (Å²) < 4.78 is 32.2. The lowest BCUT2D eigenvalue weighted by Crippen LogP contribution is -2.50. The molecule has 0 atom stereocenters. The summed E-state index contributed by atoms with van der Waals surface area (Å²) in [6.45, 7) is 6.59. The highest BCUT2D eigenvalue weighted by Crippen LogP contribution is 2.26. The maximum Gasteiger partial charge on any atom is 0.323 e. The van der Waals surface area contributed by atoms with Crippen LogP contribution in [0, 0.1) is 25.5 Å². The van der Waals surface area contributed by atoms with Gasteiger partial charge in [-0.25, -0.2) is 23.5 Å². The Balaban J connectivity index is 1.47. The van der Waals surface area contributed by atoms with Gasteiger partial charge in [-0.2, -0.15) is 0 Å². The maximum absolute atomic E-state index is 13.6. The van der Waals surface area contributed by atoms with Gasteiger partial charge in [0.1, 0.15) is 0 Å². The molecule has 4 rings (SSSR count). The van der Waals surface area contributed by atoms with Gasteiger partial charge in [-0.15, -0.1) is 0 Å². The van der Waals surface area contributed by atoms with Gasteiger partial charge in [0.2, 0.25) is 0 Å². The molecular formula is C22H23F2N5O2. The van der Waals surface area contributed by atoms with Gasteiger partial charge in [0.25, 0.3) is 5.88 Å². The molecule has 9 heteroatoms. The van der Waals surface area contributed by atoms with Crippen molar-refractivity contribution in [3.63, 3.8) is 0 Å². The molecule has 0 bridgehead atoms. The zero-order chi connectivity index (χ0) is 22.1. The summed E-state index contributed by atoms with van der Waals surface area (Å²) in [6.07, 6.45) is 0. The number of nitrogens with zero attached hydrogens (tertiary/aromatic N) is 4. The Morgan fingerprint density at radius 3 is 2.10 bits per heavy atom. The topological polar surface area (TPSA) is 70.6 Å². The highest BCUT2D eigenvalue weighted by atomic mass is 19.2. The molecule has 1 aliphatic rings. The molecule has 1 saturated heterocycles. The van der Waals surface area contributed by atoms with Crippen molar-refractivity contribution in [1.29, 1.82) is 0 Å². The summed E-state index contributed by atoms with van der Waals surface area (Å²) in [7, 11) is 1.37. The van der Waals surface area contributed by atoms with Gasteiger partial charge >= 0.3 is 6.03 Å². The van der Waals surface area contributed by atoms with Crippen molar-refractivity contribution < 1.29 is 18.3 Å². The Morgan fingerprint density at radius 1 is 0.935 bits per heavy atom. The van der Waals surface area contributed by atoms with Crippen molar-refractivity contribution in [1.82, 2.24) is 14.9 Å². The third-order valence-electron chi connectivity index (χ3n) is 5.23. The maximum atomic E-state index is 13.6. The van der Waals surface area contributed by atoms with E-state index in [0.717, 1.165) is 17.8 Å². The molecular weight excluding hydrogens is 404 g/mol. The minimum Gasteiger partial charge on any atom is -0.478 e. The molecule has 0 spiro atoms. The third-order valence-corrected chi connectivity index (χ3v) is 5.23. The van der Waals surface area contributed by atoms with Crippen molar-refractivity contribution in [2.75, 3.05) is 43.5 Å². The van der Waals surface area contributed by atoms with E-state index in [1.54, 1.807) is 4.90 Å². The van der Waals surface area contributed by atoms with E-state index in [0.29, 0.717) is 26.2 Å². The lowest BCUT2D eigenvalue weighted by atomic mass is 10.1. The van der Waals surface area contributed by atoms with Crippen molar-refractivity contribution >= 4 is 28.6 Å². The lowest BCUT2D eigenvalue weighted by Gasteiger charge is -2.36. The fraction of sp³-hybridized carbons (Fsp3) is 0.318. The summed E-state index contributed by atoms with van der Waals surface area (Å²) >= 11 is 0. The number of anilines is 2. The number of aromatic nitrogens is 2. The number of aryl methyl sites for hydroxylation is 2. The van der Waals surface area contributed by atoms with Crippen molar-refractivity contribution in [2.24, 2.45) is 0 Å². The van der Waals surface area contributed by atoms with Crippen molar-refractivity contribution in [3.05, 3.63) is 53.1 Å². The molecule has 1 aliphatic heterocycles. The first-order valence-corrected chi connectivity index (χ1v) is 9.94. The van der Waals surface area contributed by atoms with Crippen LogP contribution in [0.3, 0.4) is 0 Å². The number of piperazine rings is 1. The van der Waals surface area contributed by atoms with Crippen LogP contribution >= 0.6 is 0 Å². The Labute approximate surface area is 178 Å². The van der Waals surface area contributed by atoms with Gasteiger partial charge in [-0.3, -0.25) is 5.32 Å². The Kier molecular flexibility index (Phi) is 5.58. The van der Waals surface area contributed by atoms with Crippen LogP contribution in [0.15, 0.2) is 30.3 Å². The average molecular weight is 427 g/mol. The summed E-state index contributed by atoms with van der Waals surface area (Å²) in [5.74, 6) is -1.97. The molecule has 1 fully saturated rings. The summed E-state index contributed by atoms with van der Waals surface area (Å²) in [5.41, 5.74) is 3.81. The number of benzene rings is 2. The van der Waals surface area contributed by atoms with E-state index in [1.807, 2.05) is 0 Å². The van der Waals surface area contributed by atoms with E-state index in [1.165, 1.54) is 18.2 Å². The molecule has 2 aromatic carbocycles. The van der Waals surface area contributed by atoms with Gasteiger partial charge in [0, 0.05) is 44.0 Å². The second-order valence-electron chi connectivity index (χ2n) is 7.59. The molecule has 1 N–H and O–H groups in total. The van der Waals surface area contributed by atoms with E-state index in [4.69, 9.17) is 4.74 Å². The number of carbonyl (C=O) groups excluding carboxylic acids is 1. The Morgan fingerprint density at radius 2 is 1.52 bits per heavy atom. The average Bonchev–Trinajstić information content (AvgIpc) is 2.74. The smallest absolute Gasteiger partial charge is 0.323 e. The van der Waals surface area contributed by atoms with Gasteiger partial charge in [0.15, 0.2) is 17.5 Å². The van der Waals surface area contributed by atoms with E-state index < -0.39 is 11.6 Å². The van der Waals surface area contributed by atoms with Crippen molar-refractivity contribution in [2.45, 2.75) is 13.8 Å². The highest BCUT2D eigenvalue weighted by Gasteiger charge is 2.23. The highest BCUT2D eigenvalue weighted by molar-refractivity contribution is 5.91. The standard InChI is InChI=1S/C22H23F2N5O2/c1-13-8-14(2)10-15(9-13)28-4-6-29(7-5-28)22(30)27-20-21(31-3)26-19-12-17(24)16(23)11-18(19)25-20/h8-12H,4-7H2,1-3H3,(H,25,27,30). The first kappa shape index (κ1) is 20.8. The van der Waals surface area contributed by atoms with Crippen LogP contribution in [-0.4, -0.2) is 54.2 Å². The van der Waals surface area contributed by atoms with E-state index in [9.17, 15) is 13.6 Å². The fourth-order valence-electron chi connectivity index (χ4n) is 3.74. The number of amides is 2. The molecule has 0 aliphatic carbocycles. The fourth-order valence-corrected chi connectivity index (χ4v) is 3.74. The summed E-state index contributed by atoms with van der Waals surface area (Å²) in [5, 5.41) is 2.68. The zero-order valence-electron chi connectivity index (χ0n) is 17.6. The van der Waals surface area contributed by atoms with E-state index in [2.05, 4.69) is 52.2 Å². The minimum absolute atomic E-state index is 0.0285. The molecule has 0 unspecified atom stereocenters. The van der Waals surface area contributed by atoms with Crippen LogP contribution in [0.1, 0.15) is 11.1 Å². The molecule has 2 heterocycles. The first-order chi connectivity index (χ1) is 14.8. The van der Waals surface area contributed by atoms with Crippen LogP contribution in [0.4, 0.5) is 25.1 Å². The number of hydrogen-bond donors (Lipinski definition) is 1. The Bertz CT molecular complexity index is 1130. The van der Waals surface area contributed by atoms with Crippen LogP contribution < -0.4 is 15.0 Å². The van der Waals surface area contributed by atoms with Crippen molar-refractivity contribution in [3.8, 4) is 5.88 Å². The second kappa shape index (κ2) is 8.33. The lowest BCUT2D eigenvalue weighted by molar-refractivity contribution is 0.208. The molecule has 0 radical (unpaired) electrons. The predicted molar refractivity (Wildman–Crippen MR) is 115 cm³/mol. The van der Waals surface area contributed by atoms with Crippen LogP contribution in [0.25, 0.3) is 11.0 Å². The number of carbonyl (C=O) groups is 1. The third kappa shape index (κ3) is 4.35.